The predicted molar refractivity (Wildman–Crippen MR) is 163 cm³/mol. The van der Waals surface area contributed by atoms with E-state index in [4.69, 9.17) is 21.1 Å². The van der Waals surface area contributed by atoms with Gasteiger partial charge in [0.25, 0.3) is 0 Å². The van der Waals surface area contributed by atoms with Crippen LogP contribution in [0.1, 0.15) is 97.6 Å². The Balaban J connectivity index is 1.30. The summed E-state index contributed by atoms with van der Waals surface area (Å²) in [7, 11) is 0. The molecule has 0 radical (unpaired) electrons. The summed E-state index contributed by atoms with van der Waals surface area (Å²) in [6.07, 6.45) is 11.3. The van der Waals surface area contributed by atoms with Crippen LogP contribution in [0.3, 0.4) is 0 Å². The van der Waals surface area contributed by atoms with Gasteiger partial charge in [-0.3, -0.25) is 10.4 Å². The first kappa shape index (κ1) is 32.2. The Morgan fingerprint density at radius 3 is 2.22 bits per heavy atom. The van der Waals surface area contributed by atoms with Gasteiger partial charge < -0.3 is 14.8 Å². The molecule has 3 aromatic rings. The van der Waals surface area contributed by atoms with Crippen LogP contribution in [-0.2, 0) is 14.9 Å². The smallest absolute Gasteiger partial charge is 0.411 e. The molecular weight excluding hydrogens is 544 g/mol. The van der Waals surface area contributed by atoms with Crippen molar-refractivity contribution < 1.29 is 19.1 Å². The lowest BCUT2D eigenvalue weighted by Gasteiger charge is -2.16. The Morgan fingerprint density at radius 1 is 0.951 bits per heavy atom. The van der Waals surface area contributed by atoms with Gasteiger partial charge in [-0.2, -0.15) is 4.63 Å². The Kier molecular flexibility index (Phi) is 12.8. The van der Waals surface area contributed by atoms with Crippen molar-refractivity contribution in [2.24, 2.45) is 0 Å². The monoisotopic (exact) mass is 588 g/mol. The topological polar surface area (TPSA) is 123 Å². The number of aromatic amines is 1. The molecule has 1 aromatic carbocycles. The van der Waals surface area contributed by atoms with Crippen molar-refractivity contribution in [3.05, 3.63) is 35.0 Å². The number of benzene rings is 1. The van der Waals surface area contributed by atoms with Crippen molar-refractivity contribution in [3.63, 3.8) is 0 Å². The van der Waals surface area contributed by atoms with Gasteiger partial charge in [-0.05, 0) is 18.6 Å². The van der Waals surface area contributed by atoms with Gasteiger partial charge in [0.1, 0.15) is 18.2 Å². The number of halogens is 1. The van der Waals surface area contributed by atoms with E-state index < -0.39 is 12.2 Å². The predicted octanol–water partition coefficient (Wildman–Crippen LogP) is 7.87. The highest BCUT2D eigenvalue weighted by atomic mass is 35.5. The summed E-state index contributed by atoms with van der Waals surface area (Å²) < 4.78 is 11.8. The molecule has 0 aliphatic carbocycles. The summed E-state index contributed by atoms with van der Waals surface area (Å²) in [6.45, 7) is 8.90. The zero-order valence-electron chi connectivity index (χ0n) is 24.9. The molecule has 0 atom stereocenters. The minimum Gasteiger partial charge on any atom is -0.446 e. The van der Waals surface area contributed by atoms with Crippen LogP contribution in [0.25, 0.3) is 17.0 Å². The average Bonchev–Trinajstić information content (AvgIpc) is 3.49. The molecule has 226 valence electrons. The molecular formula is C30H45ClN6O4. The quantitative estimate of drug-likeness (QED) is 0.146. The highest BCUT2D eigenvalue weighted by Crippen LogP contribution is 2.32. The van der Waals surface area contributed by atoms with E-state index in [0.717, 1.165) is 18.5 Å². The van der Waals surface area contributed by atoms with Gasteiger partial charge in [-0.1, -0.05) is 109 Å². The van der Waals surface area contributed by atoms with Crippen LogP contribution in [0.2, 0.25) is 5.02 Å². The van der Waals surface area contributed by atoms with E-state index in [0.29, 0.717) is 34.3 Å². The van der Waals surface area contributed by atoms with Crippen LogP contribution < -0.4 is 10.6 Å². The van der Waals surface area contributed by atoms with Gasteiger partial charge in [0, 0.05) is 23.2 Å². The number of fused-ring (bicyclic) bond motifs is 1. The minimum absolute atomic E-state index is 0.0285. The first-order valence-electron chi connectivity index (χ1n) is 14.8. The van der Waals surface area contributed by atoms with Crippen molar-refractivity contribution >= 4 is 35.1 Å². The molecule has 0 bridgehead atoms. The number of carbonyl (C=O) groups is 2. The molecule has 2 amide bonds. The number of anilines is 1. The second-order valence-electron chi connectivity index (χ2n) is 11.3. The van der Waals surface area contributed by atoms with Gasteiger partial charge in [0.05, 0.1) is 5.69 Å². The van der Waals surface area contributed by atoms with Crippen molar-refractivity contribution in [2.75, 3.05) is 25.1 Å². The van der Waals surface area contributed by atoms with Gasteiger partial charge >= 0.3 is 12.2 Å². The molecule has 0 fully saturated rings. The molecule has 2 heterocycles. The number of hydrogen-bond acceptors (Lipinski definition) is 6. The molecule has 11 heteroatoms. The molecule has 0 spiro atoms. The SMILES string of the molecule is CCCCCCCCCCCCNC(=O)OCCOC(=O)Nc1cccc(-c2nc3c(Cl)c(C(C)(C)C)[nH]n3n2)c1. The zero-order chi connectivity index (χ0) is 29.7. The fourth-order valence-corrected chi connectivity index (χ4v) is 4.88. The maximum Gasteiger partial charge on any atom is 0.411 e. The number of carbonyl (C=O) groups excluding carboxylic acids is 2. The number of unbranched alkanes of at least 4 members (excludes halogenated alkanes) is 9. The lowest BCUT2D eigenvalue weighted by atomic mass is 9.92. The Hall–Kier alpha value is -3.27. The molecule has 3 N–H and O–H groups in total. The van der Waals surface area contributed by atoms with E-state index in [9.17, 15) is 9.59 Å². The van der Waals surface area contributed by atoms with Crippen LogP contribution in [0.4, 0.5) is 15.3 Å². The third kappa shape index (κ3) is 10.6. The first-order valence-corrected chi connectivity index (χ1v) is 15.2. The van der Waals surface area contributed by atoms with E-state index in [1.54, 1.807) is 22.8 Å². The number of amides is 2. The maximum absolute atomic E-state index is 12.2. The van der Waals surface area contributed by atoms with Crippen molar-refractivity contribution in [1.29, 1.82) is 0 Å². The standard InChI is InChI=1S/C30H45ClN6O4/c1-5-6-7-8-9-10-11-12-13-14-18-32-28(38)40-19-20-41-29(39)33-23-17-15-16-22(21-23)26-34-27-24(31)25(30(2,3)4)35-37(27)36-26/h15-17,21,35H,5-14,18-20H2,1-4H3,(H,32,38)(H,33,39). The van der Waals surface area contributed by atoms with E-state index in [1.165, 1.54) is 51.4 Å². The summed E-state index contributed by atoms with van der Waals surface area (Å²) in [5, 5.41) is 13.6. The molecule has 0 unspecified atom stereocenters. The molecule has 0 aliphatic heterocycles. The molecule has 0 saturated heterocycles. The first-order chi connectivity index (χ1) is 19.7. The molecule has 3 rings (SSSR count). The van der Waals surface area contributed by atoms with E-state index in [-0.39, 0.29) is 18.6 Å². The van der Waals surface area contributed by atoms with Crippen molar-refractivity contribution in [3.8, 4) is 11.4 Å². The molecule has 0 aliphatic rings. The van der Waals surface area contributed by atoms with Gasteiger partial charge in [0.2, 0.25) is 0 Å². The Labute approximate surface area is 247 Å². The summed E-state index contributed by atoms with van der Waals surface area (Å²) >= 11 is 6.53. The number of hydrogen-bond donors (Lipinski definition) is 3. The van der Waals surface area contributed by atoms with Crippen LogP contribution in [0, 0.1) is 0 Å². The lowest BCUT2D eigenvalue weighted by molar-refractivity contribution is 0.102. The number of nitrogens with zero attached hydrogens (tertiary/aromatic N) is 3. The van der Waals surface area contributed by atoms with Crippen LogP contribution in [0.5, 0.6) is 0 Å². The normalized spacial score (nSPS) is 11.5. The largest absolute Gasteiger partial charge is 0.446 e. The van der Waals surface area contributed by atoms with Crippen LogP contribution in [0.15, 0.2) is 24.3 Å². The second kappa shape index (κ2) is 16.2. The Morgan fingerprint density at radius 2 is 1.59 bits per heavy atom. The lowest BCUT2D eigenvalue weighted by Crippen LogP contribution is -2.27. The maximum atomic E-state index is 12.2. The third-order valence-corrected chi connectivity index (χ3v) is 7.07. The molecule has 41 heavy (non-hydrogen) atoms. The summed E-state index contributed by atoms with van der Waals surface area (Å²) in [5.74, 6) is 0.466. The molecule has 0 saturated carbocycles. The van der Waals surface area contributed by atoms with Gasteiger partial charge in [-0.25, -0.2) is 14.6 Å². The number of aromatic nitrogens is 4. The number of alkyl carbamates (subject to hydrolysis) is 1. The van der Waals surface area contributed by atoms with E-state index >= 15 is 0 Å². The summed E-state index contributed by atoms with van der Waals surface area (Å²) in [6, 6.07) is 7.09. The highest BCUT2D eigenvalue weighted by molar-refractivity contribution is 6.34. The molecule has 10 nitrogen and oxygen atoms in total. The number of H-pyrrole nitrogens is 1. The van der Waals surface area contributed by atoms with Crippen molar-refractivity contribution in [2.45, 2.75) is 97.3 Å². The molecule has 2 aromatic heterocycles. The number of ether oxygens (including phenoxy) is 2. The Bertz CT molecular complexity index is 1250. The fraction of sp³-hybridized carbons (Fsp3) is 0.600. The number of rotatable bonds is 16. The van der Waals surface area contributed by atoms with Crippen LogP contribution >= 0.6 is 11.6 Å². The zero-order valence-corrected chi connectivity index (χ0v) is 25.6. The van der Waals surface area contributed by atoms with E-state index in [2.05, 4.69) is 53.5 Å². The highest BCUT2D eigenvalue weighted by Gasteiger charge is 2.24. The second-order valence-corrected chi connectivity index (χ2v) is 11.7. The summed E-state index contributed by atoms with van der Waals surface area (Å²) in [4.78, 5) is 28.6. The van der Waals surface area contributed by atoms with Gasteiger partial charge in [-0.15, -0.1) is 5.10 Å². The van der Waals surface area contributed by atoms with E-state index in [1.807, 2.05) is 6.07 Å². The third-order valence-electron chi connectivity index (χ3n) is 6.71. The van der Waals surface area contributed by atoms with Gasteiger partial charge in [0.15, 0.2) is 11.5 Å². The van der Waals surface area contributed by atoms with Crippen LogP contribution in [-0.4, -0.2) is 51.8 Å². The van der Waals surface area contributed by atoms with Crippen molar-refractivity contribution in [1.82, 2.24) is 25.1 Å². The number of nitrogens with one attached hydrogen (secondary N) is 3. The fourth-order valence-electron chi connectivity index (χ4n) is 4.43. The minimum atomic E-state index is -0.653. The summed E-state index contributed by atoms with van der Waals surface area (Å²) in [5.41, 5.74) is 2.44. The average molecular weight is 589 g/mol.